The van der Waals surface area contributed by atoms with Gasteiger partial charge in [0.1, 0.15) is 12.4 Å². The Balaban J connectivity index is 2.12. The molecule has 0 spiro atoms. The van der Waals surface area contributed by atoms with Gasteiger partial charge in [-0.3, -0.25) is 0 Å². The van der Waals surface area contributed by atoms with E-state index in [1.54, 1.807) is 12.1 Å². The number of carbonyl (C=O) groups is 1. The van der Waals surface area contributed by atoms with Crippen molar-refractivity contribution < 1.29 is 13.9 Å². The molecule has 0 atom stereocenters. The van der Waals surface area contributed by atoms with E-state index < -0.39 is 5.97 Å². The monoisotopic (exact) mass is 293 g/mol. The van der Waals surface area contributed by atoms with Crippen molar-refractivity contribution in [3.63, 3.8) is 0 Å². The fourth-order valence-electron chi connectivity index (χ4n) is 2.88. The van der Waals surface area contributed by atoms with Crippen LogP contribution in [0.1, 0.15) is 21.6 Å². The number of fused-ring (bicyclic) bond motifs is 2. The molecule has 0 aliphatic carbocycles. The highest BCUT2D eigenvalue weighted by Crippen LogP contribution is 2.36. The van der Waals surface area contributed by atoms with E-state index in [0.29, 0.717) is 5.69 Å². The van der Waals surface area contributed by atoms with Crippen LogP contribution in [0.4, 0.5) is 4.39 Å². The number of hydrogen-bond acceptors (Lipinski definition) is 3. The van der Waals surface area contributed by atoms with E-state index in [1.807, 2.05) is 25.1 Å². The molecule has 0 N–H and O–H groups in total. The number of aromatic nitrogens is 1. The summed E-state index contributed by atoms with van der Waals surface area (Å²) in [6, 6.07) is 12.2. The van der Waals surface area contributed by atoms with Gasteiger partial charge in [-0.2, -0.15) is 0 Å². The van der Waals surface area contributed by atoms with Crippen LogP contribution in [0.2, 0.25) is 0 Å². The normalized spacial score (nSPS) is 13.3. The Morgan fingerprint density at radius 1 is 1.14 bits per heavy atom. The summed E-state index contributed by atoms with van der Waals surface area (Å²) in [6.07, 6.45) is 0. The molecule has 0 radical (unpaired) electrons. The first-order valence-corrected chi connectivity index (χ1v) is 7.00. The Bertz CT molecular complexity index is 917. The molecule has 2 heterocycles. The molecule has 22 heavy (non-hydrogen) atoms. The third-order valence-electron chi connectivity index (χ3n) is 3.92. The van der Waals surface area contributed by atoms with Gasteiger partial charge in [-0.15, -0.1) is 0 Å². The summed E-state index contributed by atoms with van der Waals surface area (Å²) < 4.78 is 18.4. The van der Waals surface area contributed by atoms with Crippen LogP contribution in [-0.4, -0.2) is 11.0 Å². The number of cyclic esters (lactones) is 1. The number of aryl methyl sites for hydroxylation is 1. The highest BCUT2D eigenvalue weighted by molar-refractivity contribution is 6.03. The first-order valence-electron chi connectivity index (χ1n) is 7.00. The summed E-state index contributed by atoms with van der Waals surface area (Å²) in [7, 11) is 0. The summed E-state index contributed by atoms with van der Waals surface area (Å²) in [4.78, 5) is 16.3. The smallest absolute Gasteiger partial charge is 0.357 e. The Morgan fingerprint density at radius 3 is 2.68 bits per heavy atom. The van der Waals surface area contributed by atoms with E-state index in [2.05, 4.69) is 4.98 Å². The lowest BCUT2D eigenvalue weighted by molar-refractivity contribution is 0.0531. The van der Waals surface area contributed by atoms with Gasteiger partial charge in [-0.05, 0) is 36.8 Å². The summed E-state index contributed by atoms with van der Waals surface area (Å²) in [5.74, 6) is -0.692. The predicted molar refractivity (Wildman–Crippen MR) is 81.0 cm³/mol. The van der Waals surface area contributed by atoms with Gasteiger partial charge in [0, 0.05) is 16.5 Å². The zero-order chi connectivity index (χ0) is 15.3. The topological polar surface area (TPSA) is 39.2 Å². The standard InChI is InChI=1S/C18H12FNO2/c1-10-2-7-15-13(8-10)16(11-3-5-12(19)6-4-11)14-9-22-18(21)17(14)20-15/h2-8H,9H2,1H3. The van der Waals surface area contributed by atoms with Gasteiger partial charge in [0.15, 0.2) is 5.69 Å². The molecule has 4 rings (SSSR count). The molecule has 4 heteroatoms. The minimum Gasteiger partial charge on any atom is -0.456 e. The Labute approximate surface area is 126 Å². The van der Waals surface area contributed by atoms with Crippen molar-refractivity contribution in [2.24, 2.45) is 0 Å². The van der Waals surface area contributed by atoms with Crippen molar-refractivity contribution in [3.8, 4) is 11.1 Å². The highest BCUT2D eigenvalue weighted by Gasteiger charge is 2.28. The average molecular weight is 293 g/mol. The van der Waals surface area contributed by atoms with Crippen LogP contribution < -0.4 is 0 Å². The van der Waals surface area contributed by atoms with Crippen molar-refractivity contribution in [1.29, 1.82) is 0 Å². The Morgan fingerprint density at radius 2 is 1.91 bits per heavy atom. The molecule has 0 bridgehead atoms. The molecule has 3 aromatic rings. The van der Waals surface area contributed by atoms with E-state index in [9.17, 15) is 9.18 Å². The minimum atomic E-state index is -0.402. The number of ether oxygens (including phenoxy) is 1. The second-order valence-electron chi connectivity index (χ2n) is 5.42. The van der Waals surface area contributed by atoms with Gasteiger partial charge in [0.2, 0.25) is 0 Å². The number of nitrogens with zero attached hydrogens (tertiary/aromatic N) is 1. The van der Waals surface area contributed by atoms with E-state index in [0.717, 1.165) is 33.2 Å². The lowest BCUT2D eigenvalue weighted by Gasteiger charge is -2.11. The molecule has 0 unspecified atom stereocenters. The van der Waals surface area contributed by atoms with Crippen LogP contribution in [-0.2, 0) is 11.3 Å². The summed E-state index contributed by atoms with van der Waals surface area (Å²) >= 11 is 0. The molecule has 1 aliphatic heterocycles. The van der Waals surface area contributed by atoms with Gasteiger partial charge in [-0.25, -0.2) is 14.2 Å². The number of hydrogen-bond donors (Lipinski definition) is 0. The zero-order valence-corrected chi connectivity index (χ0v) is 11.9. The zero-order valence-electron chi connectivity index (χ0n) is 11.9. The van der Waals surface area contributed by atoms with Crippen molar-refractivity contribution in [2.75, 3.05) is 0 Å². The second kappa shape index (κ2) is 4.63. The Hall–Kier alpha value is -2.75. The largest absolute Gasteiger partial charge is 0.456 e. The fourth-order valence-corrected chi connectivity index (χ4v) is 2.88. The van der Waals surface area contributed by atoms with Crippen molar-refractivity contribution in [3.05, 3.63) is 65.1 Å². The van der Waals surface area contributed by atoms with Crippen LogP contribution in [0.5, 0.6) is 0 Å². The number of esters is 1. The quantitative estimate of drug-likeness (QED) is 0.636. The average Bonchev–Trinajstić information content (AvgIpc) is 2.87. The predicted octanol–water partition coefficient (Wildman–Crippen LogP) is 4.02. The summed E-state index contributed by atoms with van der Waals surface area (Å²) in [6.45, 7) is 2.21. The Kier molecular flexibility index (Phi) is 2.73. The lowest BCUT2D eigenvalue weighted by atomic mass is 9.94. The van der Waals surface area contributed by atoms with E-state index >= 15 is 0 Å². The molecule has 3 nitrogen and oxygen atoms in total. The molecular formula is C18H12FNO2. The third kappa shape index (κ3) is 1.88. The SMILES string of the molecule is Cc1ccc2nc3c(c(-c4ccc(F)cc4)c2c1)COC3=O. The van der Waals surface area contributed by atoms with Crippen LogP contribution >= 0.6 is 0 Å². The van der Waals surface area contributed by atoms with Gasteiger partial charge >= 0.3 is 5.97 Å². The van der Waals surface area contributed by atoms with Gasteiger partial charge < -0.3 is 4.74 Å². The molecule has 0 fully saturated rings. The summed E-state index contributed by atoms with van der Waals surface area (Å²) in [5, 5.41) is 0.948. The molecular weight excluding hydrogens is 281 g/mol. The van der Waals surface area contributed by atoms with Gasteiger partial charge in [-0.1, -0.05) is 23.8 Å². The number of pyridine rings is 1. The van der Waals surface area contributed by atoms with Crippen LogP contribution in [0.3, 0.4) is 0 Å². The molecule has 108 valence electrons. The minimum absolute atomic E-state index is 0.206. The number of benzene rings is 2. The summed E-state index contributed by atoms with van der Waals surface area (Å²) in [5.41, 5.74) is 4.72. The highest BCUT2D eigenvalue weighted by atomic mass is 19.1. The number of carbonyl (C=O) groups excluding carboxylic acids is 1. The van der Waals surface area contributed by atoms with E-state index in [1.165, 1.54) is 12.1 Å². The van der Waals surface area contributed by atoms with Gasteiger partial charge in [0.05, 0.1) is 5.52 Å². The molecule has 1 aromatic heterocycles. The van der Waals surface area contributed by atoms with E-state index in [4.69, 9.17) is 4.74 Å². The maximum atomic E-state index is 13.2. The fraction of sp³-hybridized carbons (Fsp3) is 0.111. The molecule has 0 saturated heterocycles. The number of halogens is 1. The molecule has 0 saturated carbocycles. The maximum Gasteiger partial charge on any atom is 0.357 e. The van der Waals surface area contributed by atoms with Gasteiger partial charge in [0.25, 0.3) is 0 Å². The van der Waals surface area contributed by atoms with Crippen molar-refractivity contribution >= 4 is 16.9 Å². The molecule has 2 aromatic carbocycles. The molecule has 0 amide bonds. The van der Waals surface area contributed by atoms with E-state index in [-0.39, 0.29) is 12.4 Å². The second-order valence-corrected chi connectivity index (χ2v) is 5.42. The lowest BCUT2D eigenvalue weighted by Crippen LogP contribution is -2.00. The maximum absolute atomic E-state index is 13.2. The molecule has 1 aliphatic rings. The van der Waals surface area contributed by atoms with Crippen molar-refractivity contribution in [1.82, 2.24) is 4.98 Å². The first-order chi connectivity index (χ1) is 10.6. The first kappa shape index (κ1) is 13.0. The van der Waals surface area contributed by atoms with Crippen LogP contribution in [0.15, 0.2) is 42.5 Å². The van der Waals surface area contributed by atoms with Crippen LogP contribution in [0, 0.1) is 12.7 Å². The third-order valence-corrected chi connectivity index (χ3v) is 3.92. The van der Waals surface area contributed by atoms with Crippen molar-refractivity contribution in [2.45, 2.75) is 13.5 Å². The number of rotatable bonds is 1. The van der Waals surface area contributed by atoms with Crippen LogP contribution in [0.25, 0.3) is 22.0 Å².